The van der Waals surface area contributed by atoms with Gasteiger partial charge in [-0.05, 0) is 0 Å². The Kier molecular flexibility index (Phi) is 2.66. The minimum Gasteiger partial charge on any atom is -0.337 e. The Balaban J connectivity index is 2.92. The van der Waals surface area contributed by atoms with Crippen molar-refractivity contribution >= 4 is 15.9 Å². The lowest BCUT2D eigenvalue weighted by Crippen LogP contribution is -2.04. The number of halogens is 1. The zero-order valence-corrected chi connectivity index (χ0v) is 7.74. The molecular formula is C7H8BrN3. The summed E-state index contributed by atoms with van der Waals surface area (Å²) >= 11 is 3.26. The Morgan fingerprint density at radius 1 is 1.91 bits per heavy atom. The van der Waals surface area contributed by atoms with Crippen molar-refractivity contribution in [3.8, 4) is 6.07 Å². The van der Waals surface area contributed by atoms with Crippen molar-refractivity contribution in [3.63, 3.8) is 0 Å². The maximum atomic E-state index is 8.69. The Labute approximate surface area is 73.8 Å². The van der Waals surface area contributed by atoms with Crippen LogP contribution in [-0.2, 0) is 7.05 Å². The summed E-state index contributed by atoms with van der Waals surface area (Å²) in [5.41, 5.74) is 0. The number of aromatic nitrogens is 2. The largest absolute Gasteiger partial charge is 0.337 e. The SMILES string of the molecule is Cn1ccnc1C(C#N)CBr. The first kappa shape index (κ1) is 8.28. The Bertz CT molecular complexity index is 273. The first-order valence-corrected chi connectivity index (χ1v) is 4.34. The number of aryl methyl sites for hydroxylation is 1. The van der Waals surface area contributed by atoms with Crippen molar-refractivity contribution in [2.24, 2.45) is 7.05 Å². The number of hydrogen-bond donors (Lipinski definition) is 0. The third-order valence-corrected chi connectivity index (χ3v) is 2.13. The van der Waals surface area contributed by atoms with Gasteiger partial charge in [0, 0.05) is 24.8 Å². The fraction of sp³-hybridized carbons (Fsp3) is 0.429. The van der Waals surface area contributed by atoms with Gasteiger partial charge in [-0.3, -0.25) is 0 Å². The first-order valence-electron chi connectivity index (χ1n) is 3.22. The minimum atomic E-state index is -0.144. The number of imidazole rings is 1. The predicted octanol–water partition coefficient (Wildman–Crippen LogP) is 1.42. The summed E-state index contributed by atoms with van der Waals surface area (Å²) in [6.07, 6.45) is 3.53. The Morgan fingerprint density at radius 3 is 3.00 bits per heavy atom. The van der Waals surface area contributed by atoms with Crippen LogP contribution in [0, 0.1) is 11.3 Å². The molecule has 11 heavy (non-hydrogen) atoms. The van der Waals surface area contributed by atoms with E-state index in [1.54, 1.807) is 6.20 Å². The molecule has 1 rings (SSSR count). The molecule has 0 radical (unpaired) electrons. The van der Waals surface area contributed by atoms with Gasteiger partial charge in [0.25, 0.3) is 0 Å². The molecule has 0 aliphatic carbocycles. The monoisotopic (exact) mass is 213 g/mol. The van der Waals surface area contributed by atoms with E-state index in [1.807, 2.05) is 17.8 Å². The summed E-state index contributed by atoms with van der Waals surface area (Å²) in [5.74, 6) is 0.666. The van der Waals surface area contributed by atoms with Crippen LogP contribution in [-0.4, -0.2) is 14.9 Å². The van der Waals surface area contributed by atoms with Gasteiger partial charge in [-0.2, -0.15) is 5.26 Å². The Hall–Kier alpha value is -0.820. The molecule has 1 aromatic heterocycles. The van der Waals surface area contributed by atoms with E-state index in [-0.39, 0.29) is 5.92 Å². The molecule has 0 spiro atoms. The molecule has 0 aliphatic heterocycles. The number of nitrogens with zero attached hydrogens (tertiary/aromatic N) is 3. The van der Waals surface area contributed by atoms with E-state index >= 15 is 0 Å². The van der Waals surface area contributed by atoms with Crippen LogP contribution < -0.4 is 0 Å². The third kappa shape index (κ3) is 1.60. The molecule has 0 fully saturated rings. The van der Waals surface area contributed by atoms with E-state index in [4.69, 9.17) is 5.26 Å². The molecule has 1 atom stereocenters. The summed E-state index contributed by atoms with van der Waals surface area (Å²) in [7, 11) is 1.88. The normalized spacial score (nSPS) is 12.5. The van der Waals surface area contributed by atoms with Gasteiger partial charge in [-0.1, -0.05) is 15.9 Å². The van der Waals surface area contributed by atoms with E-state index in [0.717, 1.165) is 5.82 Å². The van der Waals surface area contributed by atoms with Crippen molar-refractivity contribution in [1.29, 1.82) is 5.26 Å². The molecule has 0 amide bonds. The van der Waals surface area contributed by atoms with Gasteiger partial charge < -0.3 is 4.57 Å². The lowest BCUT2D eigenvalue weighted by atomic mass is 10.2. The second-order valence-electron chi connectivity index (χ2n) is 2.23. The second-order valence-corrected chi connectivity index (χ2v) is 2.88. The molecule has 0 bridgehead atoms. The van der Waals surface area contributed by atoms with Crippen LogP contribution in [0.5, 0.6) is 0 Å². The van der Waals surface area contributed by atoms with Gasteiger partial charge in [-0.15, -0.1) is 0 Å². The number of hydrogen-bond acceptors (Lipinski definition) is 2. The fourth-order valence-corrected chi connectivity index (χ4v) is 1.31. The van der Waals surface area contributed by atoms with Crippen molar-refractivity contribution in [2.75, 3.05) is 5.33 Å². The van der Waals surface area contributed by atoms with Crippen molar-refractivity contribution < 1.29 is 0 Å². The summed E-state index contributed by atoms with van der Waals surface area (Å²) < 4.78 is 1.86. The molecule has 3 nitrogen and oxygen atoms in total. The summed E-state index contributed by atoms with van der Waals surface area (Å²) in [5, 5.41) is 9.32. The molecule has 1 aromatic rings. The molecule has 0 aliphatic rings. The maximum absolute atomic E-state index is 8.69. The third-order valence-electron chi connectivity index (χ3n) is 1.48. The molecule has 0 saturated carbocycles. The van der Waals surface area contributed by atoms with Gasteiger partial charge in [0.1, 0.15) is 11.7 Å². The van der Waals surface area contributed by atoms with Crippen molar-refractivity contribution in [3.05, 3.63) is 18.2 Å². The van der Waals surface area contributed by atoms with E-state index in [2.05, 4.69) is 27.0 Å². The van der Waals surface area contributed by atoms with Gasteiger partial charge in [0.05, 0.1) is 6.07 Å². The number of rotatable bonds is 2. The Morgan fingerprint density at radius 2 is 2.64 bits per heavy atom. The van der Waals surface area contributed by atoms with Crippen LogP contribution in [0.25, 0.3) is 0 Å². The standard InChI is InChI=1S/C7H8BrN3/c1-11-3-2-10-7(11)6(4-8)5-9/h2-3,6H,4H2,1H3. The quantitative estimate of drug-likeness (QED) is 0.698. The summed E-state index contributed by atoms with van der Waals surface area (Å²) in [6, 6.07) is 2.16. The van der Waals surface area contributed by atoms with E-state index in [0.29, 0.717) is 5.33 Å². The van der Waals surface area contributed by atoms with Crippen LogP contribution in [0.15, 0.2) is 12.4 Å². The van der Waals surface area contributed by atoms with Crippen LogP contribution in [0.2, 0.25) is 0 Å². The molecule has 58 valence electrons. The van der Waals surface area contributed by atoms with Crippen LogP contribution in [0.3, 0.4) is 0 Å². The number of nitriles is 1. The lowest BCUT2D eigenvalue weighted by Gasteiger charge is -2.03. The molecule has 1 heterocycles. The van der Waals surface area contributed by atoms with Crippen molar-refractivity contribution in [2.45, 2.75) is 5.92 Å². The van der Waals surface area contributed by atoms with E-state index < -0.39 is 0 Å². The second kappa shape index (κ2) is 3.54. The fourth-order valence-electron chi connectivity index (χ4n) is 0.874. The van der Waals surface area contributed by atoms with Crippen LogP contribution in [0.1, 0.15) is 11.7 Å². The predicted molar refractivity (Wildman–Crippen MR) is 45.4 cm³/mol. The van der Waals surface area contributed by atoms with Gasteiger partial charge >= 0.3 is 0 Å². The van der Waals surface area contributed by atoms with E-state index in [1.165, 1.54) is 0 Å². The minimum absolute atomic E-state index is 0.144. The highest BCUT2D eigenvalue weighted by atomic mass is 79.9. The lowest BCUT2D eigenvalue weighted by molar-refractivity contribution is 0.770. The molecule has 0 N–H and O–H groups in total. The molecule has 0 aromatic carbocycles. The highest BCUT2D eigenvalue weighted by Gasteiger charge is 2.12. The van der Waals surface area contributed by atoms with Crippen LogP contribution in [0.4, 0.5) is 0 Å². The topological polar surface area (TPSA) is 41.6 Å². The zero-order chi connectivity index (χ0) is 8.27. The highest BCUT2D eigenvalue weighted by Crippen LogP contribution is 2.13. The molecular weight excluding hydrogens is 206 g/mol. The number of alkyl halides is 1. The zero-order valence-electron chi connectivity index (χ0n) is 6.16. The molecule has 1 unspecified atom stereocenters. The molecule has 4 heteroatoms. The smallest absolute Gasteiger partial charge is 0.126 e. The first-order chi connectivity index (χ1) is 5.29. The van der Waals surface area contributed by atoms with Gasteiger partial charge in [-0.25, -0.2) is 4.98 Å². The van der Waals surface area contributed by atoms with E-state index in [9.17, 15) is 0 Å². The summed E-state index contributed by atoms with van der Waals surface area (Å²) in [4.78, 5) is 4.07. The average Bonchev–Trinajstić information content (AvgIpc) is 2.40. The average molecular weight is 214 g/mol. The molecule has 0 saturated heterocycles. The summed E-state index contributed by atoms with van der Waals surface area (Å²) in [6.45, 7) is 0. The maximum Gasteiger partial charge on any atom is 0.126 e. The highest BCUT2D eigenvalue weighted by molar-refractivity contribution is 9.09. The van der Waals surface area contributed by atoms with Crippen molar-refractivity contribution in [1.82, 2.24) is 9.55 Å². The van der Waals surface area contributed by atoms with Gasteiger partial charge in [0.15, 0.2) is 0 Å². The van der Waals surface area contributed by atoms with Crippen LogP contribution >= 0.6 is 15.9 Å². The van der Waals surface area contributed by atoms with Gasteiger partial charge in [0.2, 0.25) is 0 Å².